The van der Waals surface area contributed by atoms with Crippen molar-refractivity contribution in [3.63, 3.8) is 0 Å². The Kier molecular flexibility index (Phi) is 7.02. The molecule has 140 valence electrons. The third kappa shape index (κ3) is 6.01. The van der Waals surface area contributed by atoms with E-state index in [2.05, 4.69) is 10.0 Å². The summed E-state index contributed by atoms with van der Waals surface area (Å²) in [6.45, 7) is 3.83. The van der Waals surface area contributed by atoms with Gasteiger partial charge in [-0.2, -0.15) is 0 Å². The van der Waals surface area contributed by atoms with Crippen LogP contribution in [0.25, 0.3) is 0 Å². The summed E-state index contributed by atoms with van der Waals surface area (Å²) < 4.78 is 32.3. The molecule has 2 N–H and O–H groups in total. The first-order valence-electron chi connectivity index (χ1n) is 8.09. The first-order valence-corrected chi connectivity index (χ1v) is 9.95. The quantitative estimate of drug-likeness (QED) is 0.715. The Morgan fingerprint density at radius 3 is 2.38 bits per heavy atom. The van der Waals surface area contributed by atoms with Crippen LogP contribution in [0.15, 0.2) is 53.4 Å². The third-order valence-corrected chi connectivity index (χ3v) is 5.24. The molecule has 0 saturated heterocycles. The Balaban J connectivity index is 1.84. The van der Waals surface area contributed by atoms with Gasteiger partial charge in [0.15, 0.2) is 0 Å². The maximum absolute atomic E-state index is 12.2. The molecule has 26 heavy (non-hydrogen) atoms. The molecule has 2 aromatic carbocycles. The zero-order valence-electron chi connectivity index (χ0n) is 14.5. The number of anilines is 1. The van der Waals surface area contributed by atoms with E-state index in [1.165, 1.54) is 12.1 Å². The highest BCUT2D eigenvalue weighted by Crippen LogP contribution is 2.20. The number of benzene rings is 2. The minimum atomic E-state index is -3.76. The highest BCUT2D eigenvalue weighted by atomic mass is 35.5. The number of hydrogen-bond donors (Lipinski definition) is 2. The highest BCUT2D eigenvalue weighted by molar-refractivity contribution is 7.89. The zero-order chi connectivity index (χ0) is 19.2. The van der Waals surface area contributed by atoms with Gasteiger partial charge in [-0.25, -0.2) is 13.1 Å². The van der Waals surface area contributed by atoms with Gasteiger partial charge >= 0.3 is 0 Å². The van der Waals surface area contributed by atoms with Crippen LogP contribution in [0.2, 0.25) is 5.02 Å². The topological polar surface area (TPSA) is 84.5 Å². The highest BCUT2D eigenvalue weighted by Gasteiger charge is 2.17. The number of rotatable bonds is 8. The van der Waals surface area contributed by atoms with E-state index in [1.54, 1.807) is 36.4 Å². The van der Waals surface area contributed by atoms with Crippen LogP contribution in [0.5, 0.6) is 5.75 Å². The molecule has 2 rings (SSSR count). The van der Waals surface area contributed by atoms with Crippen LogP contribution in [-0.2, 0) is 14.8 Å². The van der Waals surface area contributed by atoms with Crippen molar-refractivity contribution < 1.29 is 17.9 Å². The van der Waals surface area contributed by atoms with Crippen molar-refractivity contribution in [2.24, 2.45) is 0 Å². The van der Waals surface area contributed by atoms with E-state index in [9.17, 15) is 13.2 Å². The summed E-state index contributed by atoms with van der Waals surface area (Å²) in [6, 6.07) is 13.1. The third-order valence-electron chi connectivity index (χ3n) is 3.28. The van der Waals surface area contributed by atoms with Gasteiger partial charge in [0.1, 0.15) is 10.6 Å². The molecular weight excluding hydrogens is 376 g/mol. The lowest BCUT2D eigenvalue weighted by molar-refractivity contribution is -0.116. The molecule has 0 bridgehead atoms. The second-order valence-electron chi connectivity index (χ2n) is 5.82. The number of sulfonamides is 1. The Hall–Kier alpha value is -2.09. The van der Waals surface area contributed by atoms with E-state index in [4.69, 9.17) is 16.3 Å². The minimum Gasteiger partial charge on any atom is -0.491 e. The van der Waals surface area contributed by atoms with E-state index in [0.717, 1.165) is 0 Å². The van der Waals surface area contributed by atoms with Crippen molar-refractivity contribution in [1.82, 2.24) is 4.72 Å². The summed E-state index contributed by atoms with van der Waals surface area (Å²) in [5.74, 6) is 0.412. The largest absolute Gasteiger partial charge is 0.491 e. The zero-order valence-corrected chi connectivity index (χ0v) is 16.1. The van der Waals surface area contributed by atoms with Crippen molar-refractivity contribution in [1.29, 1.82) is 0 Å². The lowest BCUT2D eigenvalue weighted by Crippen LogP contribution is -2.28. The van der Waals surface area contributed by atoms with Crippen molar-refractivity contribution in [3.8, 4) is 5.75 Å². The van der Waals surface area contributed by atoms with Gasteiger partial charge in [-0.1, -0.05) is 23.7 Å². The number of hydrogen-bond acceptors (Lipinski definition) is 4. The monoisotopic (exact) mass is 396 g/mol. The van der Waals surface area contributed by atoms with E-state index in [1.807, 2.05) is 13.8 Å². The van der Waals surface area contributed by atoms with E-state index in [0.29, 0.717) is 11.4 Å². The minimum absolute atomic E-state index is 0.00602. The van der Waals surface area contributed by atoms with Crippen LogP contribution < -0.4 is 14.8 Å². The lowest BCUT2D eigenvalue weighted by Gasteiger charge is -2.11. The van der Waals surface area contributed by atoms with E-state index in [-0.39, 0.29) is 34.9 Å². The first-order chi connectivity index (χ1) is 12.3. The van der Waals surface area contributed by atoms with Crippen molar-refractivity contribution >= 4 is 33.2 Å². The standard InChI is InChI=1S/C18H21ClN2O4S/c1-13(2)25-15-9-7-14(8-10-15)21-18(22)11-12-20-26(23,24)17-6-4-3-5-16(17)19/h3-10,13,20H,11-12H2,1-2H3,(H,21,22). The number of ether oxygens (including phenoxy) is 1. The Labute approximate surface area is 158 Å². The van der Waals surface area contributed by atoms with Crippen LogP contribution in [-0.4, -0.2) is 27.0 Å². The van der Waals surface area contributed by atoms with Crippen molar-refractivity contribution in [3.05, 3.63) is 53.6 Å². The molecule has 2 aromatic rings. The molecule has 0 aliphatic heterocycles. The summed E-state index contributed by atoms with van der Waals surface area (Å²) in [4.78, 5) is 11.9. The molecule has 6 nitrogen and oxygen atoms in total. The van der Waals surface area contributed by atoms with Gasteiger partial charge in [0, 0.05) is 18.7 Å². The molecule has 8 heteroatoms. The summed E-state index contributed by atoms with van der Waals surface area (Å²) in [7, 11) is -3.76. The van der Waals surface area contributed by atoms with Gasteiger partial charge in [0.05, 0.1) is 11.1 Å². The lowest BCUT2D eigenvalue weighted by atomic mass is 10.3. The second-order valence-corrected chi connectivity index (χ2v) is 7.96. The van der Waals surface area contributed by atoms with E-state index < -0.39 is 10.0 Å². The average molecular weight is 397 g/mol. The first kappa shape index (κ1) is 20.2. The number of nitrogens with one attached hydrogen (secondary N) is 2. The fourth-order valence-electron chi connectivity index (χ4n) is 2.15. The molecule has 0 heterocycles. The number of halogens is 1. The molecule has 0 unspecified atom stereocenters. The van der Waals surface area contributed by atoms with Crippen LogP contribution in [0.1, 0.15) is 20.3 Å². The Bertz CT molecular complexity index is 852. The Morgan fingerprint density at radius 2 is 1.77 bits per heavy atom. The molecular formula is C18H21ClN2O4S. The van der Waals surface area contributed by atoms with Gasteiger partial charge in [0.25, 0.3) is 0 Å². The molecule has 0 saturated carbocycles. The fourth-order valence-corrected chi connectivity index (χ4v) is 3.70. The van der Waals surface area contributed by atoms with Crippen LogP contribution in [0, 0.1) is 0 Å². The van der Waals surface area contributed by atoms with Crippen LogP contribution >= 0.6 is 11.6 Å². The molecule has 0 fully saturated rings. The SMILES string of the molecule is CC(C)Oc1ccc(NC(=O)CCNS(=O)(=O)c2ccccc2Cl)cc1. The fraction of sp³-hybridized carbons (Fsp3) is 0.278. The van der Waals surface area contributed by atoms with Crippen LogP contribution in [0.4, 0.5) is 5.69 Å². The molecule has 0 spiro atoms. The molecule has 0 atom stereocenters. The summed E-state index contributed by atoms with van der Waals surface area (Å²) >= 11 is 5.89. The molecule has 0 aliphatic rings. The Morgan fingerprint density at radius 1 is 1.12 bits per heavy atom. The molecule has 1 amide bonds. The van der Waals surface area contributed by atoms with Gasteiger partial charge in [-0.15, -0.1) is 0 Å². The van der Waals surface area contributed by atoms with Gasteiger partial charge in [-0.3, -0.25) is 4.79 Å². The van der Waals surface area contributed by atoms with Gasteiger partial charge in [-0.05, 0) is 50.2 Å². The second kappa shape index (κ2) is 9.02. The van der Waals surface area contributed by atoms with Crippen molar-refractivity contribution in [2.45, 2.75) is 31.3 Å². The predicted molar refractivity (Wildman–Crippen MR) is 102 cm³/mol. The van der Waals surface area contributed by atoms with Gasteiger partial charge < -0.3 is 10.1 Å². The predicted octanol–water partition coefficient (Wildman–Crippen LogP) is 3.43. The smallest absolute Gasteiger partial charge is 0.242 e. The van der Waals surface area contributed by atoms with Gasteiger partial charge in [0.2, 0.25) is 15.9 Å². The number of carbonyl (C=O) groups excluding carboxylic acids is 1. The molecule has 0 aliphatic carbocycles. The average Bonchev–Trinajstić information content (AvgIpc) is 2.56. The van der Waals surface area contributed by atoms with Crippen molar-refractivity contribution in [2.75, 3.05) is 11.9 Å². The number of amides is 1. The summed E-state index contributed by atoms with van der Waals surface area (Å²) in [5.41, 5.74) is 0.611. The van der Waals surface area contributed by atoms with E-state index >= 15 is 0 Å². The normalized spacial score (nSPS) is 11.4. The molecule has 0 radical (unpaired) electrons. The molecule has 0 aromatic heterocycles. The summed E-state index contributed by atoms with van der Waals surface area (Å²) in [5, 5.41) is 2.84. The maximum atomic E-state index is 12.2. The summed E-state index contributed by atoms with van der Waals surface area (Å²) in [6.07, 6.45) is 0.0649. The number of carbonyl (C=O) groups is 1. The van der Waals surface area contributed by atoms with Crippen LogP contribution in [0.3, 0.4) is 0 Å². The maximum Gasteiger partial charge on any atom is 0.242 e.